The van der Waals surface area contributed by atoms with E-state index in [1.165, 1.54) is 7.05 Å². The molecule has 3 amide bonds. The Balaban J connectivity index is 1.09. The lowest BCUT2D eigenvalue weighted by atomic mass is 9.98. The molecule has 3 aromatic carbocycles. The number of carbonyl (C=O) groups excluding carboxylic acids is 3. The fourth-order valence-electron chi connectivity index (χ4n) is 6.18. The predicted molar refractivity (Wildman–Crippen MR) is 180 cm³/mol. The van der Waals surface area contributed by atoms with Gasteiger partial charge in [-0.1, -0.05) is 72.8 Å². The summed E-state index contributed by atoms with van der Waals surface area (Å²) in [5.41, 5.74) is 5.45. The number of hydrogen-bond acceptors (Lipinski definition) is 7. The first kappa shape index (κ1) is 34.4. The van der Waals surface area contributed by atoms with Crippen LogP contribution < -0.4 is 5.32 Å². The SMILES string of the molecule is CN(C(=O)OCC1c2ccccc2-c2ccccc21)C(Cc1ccc(CNC(=O)N2CCN(CC(=O)OC(C)(C)C)CC2)cc1)C(=O)O. The molecule has 1 heterocycles. The van der Waals surface area contributed by atoms with E-state index in [0.717, 1.165) is 38.3 Å². The third-order valence-corrected chi connectivity index (χ3v) is 8.70. The number of nitrogens with one attached hydrogen (secondary N) is 1. The highest BCUT2D eigenvalue weighted by molar-refractivity contribution is 5.81. The van der Waals surface area contributed by atoms with Gasteiger partial charge < -0.3 is 24.8 Å². The molecule has 0 saturated carbocycles. The van der Waals surface area contributed by atoms with Gasteiger partial charge in [0.2, 0.25) is 0 Å². The fourth-order valence-corrected chi connectivity index (χ4v) is 6.18. The van der Waals surface area contributed by atoms with Crippen LogP contribution in [0.25, 0.3) is 11.1 Å². The van der Waals surface area contributed by atoms with Gasteiger partial charge in [-0.05, 0) is 54.2 Å². The second-order valence-electron chi connectivity index (χ2n) is 13.3. The number of fused-ring (bicyclic) bond motifs is 3. The Kier molecular flexibility index (Phi) is 10.7. The molecule has 1 aliphatic heterocycles. The summed E-state index contributed by atoms with van der Waals surface area (Å²) in [6, 6.07) is 22.0. The summed E-state index contributed by atoms with van der Waals surface area (Å²) in [5.74, 6) is -1.53. The maximum absolute atomic E-state index is 13.1. The molecule has 0 spiro atoms. The van der Waals surface area contributed by atoms with E-state index in [-0.39, 0.29) is 37.5 Å². The lowest BCUT2D eigenvalue weighted by Gasteiger charge is -2.34. The molecular formula is C37H44N4O7. The number of likely N-dealkylation sites (N-methyl/N-ethyl adjacent to an activating group) is 1. The smallest absolute Gasteiger partial charge is 0.410 e. The van der Waals surface area contributed by atoms with E-state index in [4.69, 9.17) is 9.47 Å². The van der Waals surface area contributed by atoms with Gasteiger partial charge in [-0.25, -0.2) is 14.4 Å². The maximum atomic E-state index is 13.1. The first-order valence-corrected chi connectivity index (χ1v) is 16.2. The van der Waals surface area contributed by atoms with Crippen molar-refractivity contribution >= 4 is 24.1 Å². The largest absolute Gasteiger partial charge is 0.480 e. The van der Waals surface area contributed by atoms with Crippen molar-refractivity contribution in [2.45, 2.75) is 51.3 Å². The zero-order valence-electron chi connectivity index (χ0n) is 28.0. The van der Waals surface area contributed by atoms with Crippen LogP contribution in [0.15, 0.2) is 72.8 Å². The molecule has 1 unspecified atom stereocenters. The van der Waals surface area contributed by atoms with Gasteiger partial charge in [-0.2, -0.15) is 0 Å². The number of benzene rings is 3. The van der Waals surface area contributed by atoms with Crippen molar-refractivity contribution in [2.75, 3.05) is 46.4 Å². The van der Waals surface area contributed by atoms with E-state index < -0.39 is 23.7 Å². The van der Waals surface area contributed by atoms with Gasteiger partial charge in [0.05, 0.1) is 6.54 Å². The Hall–Kier alpha value is -4.90. The molecule has 48 heavy (non-hydrogen) atoms. The first-order chi connectivity index (χ1) is 22.9. The normalized spacial score (nSPS) is 15.2. The minimum Gasteiger partial charge on any atom is -0.480 e. The number of hydrogen-bond donors (Lipinski definition) is 2. The lowest BCUT2D eigenvalue weighted by Crippen LogP contribution is -2.52. The zero-order chi connectivity index (χ0) is 34.4. The molecule has 254 valence electrons. The fraction of sp³-hybridized carbons (Fsp3) is 0.405. The number of esters is 1. The van der Waals surface area contributed by atoms with E-state index in [1.54, 1.807) is 17.0 Å². The van der Waals surface area contributed by atoms with Crippen molar-refractivity contribution in [2.24, 2.45) is 0 Å². The lowest BCUT2D eigenvalue weighted by molar-refractivity contribution is -0.156. The van der Waals surface area contributed by atoms with Crippen LogP contribution in [0, 0.1) is 0 Å². The number of rotatable bonds is 10. The molecule has 1 aliphatic carbocycles. The topological polar surface area (TPSA) is 129 Å². The average molecular weight is 657 g/mol. The average Bonchev–Trinajstić information content (AvgIpc) is 3.38. The molecule has 2 N–H and O–H groups in total. The van der Waals surface area contributed by atoms with Crippen molar-refractivity contribution in [3.8, 4) is 11.1 Å². The summed E-state index contributed by atoms with van der Waals surface area (Å²) in [6.45, 7) is 8.27. The van der Waals surface area contributed by atoms with Crippen LogP contribution in [0.1, 0.15) is 48.9 Å². The Morgan fingerprint density at radius 3 is 2.00 bits per heavy atom. The summed E-state index contributed by atoms with van der Waals surface area (Å²) < 4.78 is 11.1. The van der Waals surface area contributed by atoms with E-state index in [2.05, 4.69) is 17.4 Å². The Bertz CT molecular complexity index is 1580. The standard InChI is InChI=1S/C37H44N4O7/c1-37(2,3)48-33(42)23-40-17-19-41(20-18-40)35(45)38-22-26-15-13-25(14-16-26)21-32(34(43)44)39(4)36(46)47-24-31-29-11-7-5-9-27(29)28-10-6-8-12-30(28)31/h5-16,31-32H,17-24H2,1-4H3,(H,38,45)(H,43,44). The highest BCUT2D eigenvalue weighted by Crippen LogP contribution is 2.44. The van der Waals surface area contributed by atoms with Gasteiger partial charge in [0.15, 0.2) is 0 Å². The van der Waals surface area contributed by atoms with Crippen LogP contribution >= 0.6 is 0 Å². The van der Waals surface area contributed by atoms with Crippen LogP contribution in [-0.4, -0.2) is 102 Å². The number of carboxylic acid groups (broad SMARTS) is 1. The molecule has 0 aromatic heterocycles. The van der Waals surface area contributed by atoms with Crippen molar-refractivity contribution in [3.63, 3.8) is 0 Å². The molecule has 0 bridgehead atoms. The van der Waals surface area contributed by atoms with E-state index in [0.29, 0.717) is 32.7 Å². The van der Waals surface area contributed by atoms with Gasteiger partial charge in [-0.15, -0.1) is 0 Å². The molecule has 11 nitrogen and oxygen atoms in total. The summed E-state index contributed by atoms with van der Waals surface area (Å²) >= 11 is 0. The molecule has 3 aromatic rings. The Labute approximate surface area is 281 Å². The minimum absolute atomic E-state index is 0.0935. The van der Waals surface area contributed by atoms with Crippen LogP contribution in [0.3, 0.4) is 0 Å². The second kappa shape index (κ2) is 14.9. The molecule has 1 fully saturated rings. The van der Waals surface area contributed by atoms with Crippen molar-refractivity contribution in [3.05, 3.63) is 95.1 Å². The molecule has 2 aliphatic rings. The van der Waals surface area contributed by atoms with Crippen LogP contribution in [0.5, 0.6) is 0 Å². The van der Waals surface area contributed by atoms with Crippen LogP contribution in [0.4, 0.5) is 9.59 Å². The van der Waals surface area contributed by atoms with E-state index >= 15 is 0 Å². The highest BCUT2D eigenvalue weighted by Gasteiger charge is 2.32. The van der Waals surface area contributed by atoms with Crippen molar-refractivity contribution in [1.82, 2.24) is 20.0 Å². The Morgan fingerprint density at radius 2 is 1.44 bits per heavy atom. The number of ether oxygens (including phenoxy) is 2. The number of carboxylic acids is 1. The monoisotopic (exact) mass is 656 g/mol. The first-order valence-electron chi connectivity index (χ1n) is 16.2. The van der Waals surface area contributed by atoms with Gasteiger partial charge in [0.1, 0.15) is 18.2 Å². The van der Waals surface area contributed by atoms with E-state index in [1.807, 2.05) is 74.2 Å². The number of piperazine rings is 1. The van der Waals surface area contributed by atoms with Crippen molar-refractivity contribution in [1.29, 1.82) is 0 Å². The number of urea groups is 1. The molecule has 5 rings (SSSR count). The van der Waals surface area contributed by atoms with Gasteiger partial charge in [0, 0.05) is 52.1 Å². The molecule has 0 radical (unpaired) electrons. The van der Waals surface area contributed by atoms with Crippen LogP contribution in [0.2, 0.25) is 0 Å². The summed E-state index contributed by atoms with van der Waals surface area (Å²) in [4.78, 5) is 55.0. The quantitative estimate of drug-likeness (QED) is 0.300. The molecule has 1 atom stereocenters. The third-order valence-electron chi connectivity index (χ3n) is 8.70. The third kappa shape index (κ3) is 8.51. The summed E-state index contributed by atoms with van der Waals surface area (Å²) in [5, 5.41) is 12.9. The van der Waals surface area contributed by atoms with Crippen LogP contribution in [-0.2, 0) is 32.0 Å². The molecular weight excluding hydrogens is 612 g/mol. The van der Waals surface area contributed by atoms with Crippen molar-refractivity contribution < 1.29 is 33.8 Å². The highest BCUT2D eigenvalue weighted by atomic mass is 16.6. The summed E-state index contributed by atoms with van der Waals surface area (Å²) in [7, 11) is 1.44. The number of nitrogens with zero attached hydrogens (tertiary/aromatic N) is 3. The predicted octanol–water partition coefficient (Wildman–Crippen LogP) is 4.73. The summed E-state index contributed by atoms with van der Waals surface area (Å²) in [6.07, 6.45) is -0.606. The second-order valence-corrected chi connectivity index (χ2v) is 13.3. The van der Waals surface area contributed by atoms with Gasteiger partial charge >= 0.3 is 24.1 Å². The number of amides is 3. The number of carbonyl (C=O) groups is 4. The number of aliphatic carboxylic acids is 1. The van der Waals surface area contributed by atoms with Gasteiger partial charge in [0.25, 0.3) is 0 Å². The minimum atomic E-state index is -1.13. The molecule has 1 saturated heterocycles. The molecule has 11 heteroatoms. The Morgan fingerprint density at radius 1 is 0.875 bits per heavy atom. The van der Waals surface area contributed by atoms with Gasteiger partial charge in [-0.3, -0.25) is 14.6 Å². The zero-order valence-corrected chi connectivity index (χ0v) is 28.0. The maximum Gasteiger partial charge on any atom is 0.410 e. The van der Waals surface area contributed by atoms with E-state index in [9.17, 15) is 24.3 Å².